The van der Waals surface area contributed by atoms with Crippen LogP contribution in [-0.4, -0.2) is 88.3 Å². The number of imidazole rings is 1. The standard InChI is InChI=1S/C20H31ClN6O8P2/c21-19-24-16(26-7-5-20(6-8-26)3-1-2-4-20)13-17(25-19)27(10-22-13)18-15(29)14(28)12(35-18)9-23-36(30,31)11-37(32,33)34/h10,12,14-15,18,28-29H,1-9,11H2,(H2,23,30,31)(H2,32,33,34). The van der Waals surface area contributed by atoms with Crippen molar-refractivity contribution in [2.75, 3.05) is 30.4 Å². The SMILES string of the molecule is O=P(O)(O)CP(=O)(O)NCC1OC(n2cnc3c(N4CCC5(CCCC5)CC4)nc(Cl)nc32)C(O)C1O. The van der Waals surface area contributed by atoms with Crippen molar-refractivity contribution in [3.8, 4) is 0 Å². The number of fused-ring (bicyclic) bond motifs is 1. The highest BCUT2D eigenvalue weighted by atomic mass is 35.5. The number of halogens is 1. The van der Waals surface area contributed by atoms with Crippen molar-refractivity contribution >= 4 is 43.7 Å². The normalized spacial score (nSPS) is 29.8. The molecule has 14 nitrogen and oxygen atoms in total. The average Bonchev–Trinajstić information content (AvgIpc) is 3.50. The van der Waals surface area contributed by atoms with Gasteiger partial charge in [-0.1, -0.05) is 12.8 Å². The first-order valence-electron chi connectivity index (χ1n) is 12.1. The summed E-state index contributed by atoms with van der Waals surface area (Å²) < 4.78 is 30.4. The van der Waals surface area contributed by atoms with Gasteiger partial charge in [0.15, 0.2) is 23.2 Å². The van der Waals surface area contributed by atoms with Gasteiger partial charge in [-0.05, 0) is 42.7 Å². The molecule has 2 aromatic rings. The van der Waals surface area contributed by atoms with Gasteiger partial charge >= 0.3 is 7.60 Å². The van der Waals surface area contributed by atoms with Gasteiger partial charge in [0, 0.05) is 19.6 Å². The lowest BCUT2D eigenvalue weighted by molar-refractivity contribution is -0.0331. The van der Waals surface area contributed by atoms with E-state index in [-0.39, 0.29) is 5.28 Å². The van der Waals surface area contributed by atoms with E-state index in [1.165, 1.54) is 36.6 Å². The summed E-state index contributed by atoms with van der Waals surface area (Å²) in [6, 6.07) is 0. The van der Waals surface area contributed by atoms with E-state index in [0.717, 1.165) is 25.9 Å². The number of ether oxygens (including phenoxy) is 1. The lowest BCUT2D eigenvalue weighted by Gasteiger charge is -2.39. The van der Waals surface area contributed by atoms with Crippen molar-refractivity contribution < 1.29 is 38.8 Å². The van der Waals surface area contributed by atoms with Crippen LogP contribution in [0.5, 0.6) is 0 Å². The van der Waals surface area contributed by atoms with Gasteiger partial charge in [-0.3, -0.25) is 13.7 Å². The highest BCUT2D eigenvalue weighted by molar-refractivity contribution is 7.71. The molecular formula is C20H31ClN6O8P2. The van der Waals surface area contributed by atoms with Gasteiger partial charge in [-0.25, -0.2) is 10.1 Å². The van der Waals surface area contributed by atoms with Crippen LogP contribution in [0.2, 0.25) is 5.28 Å². The zero-order chi connectivity index (χ0) is 26.6. The van der Waals surface area contributed by atoms with Crippen molar-refractivity contribution in [3.63, 3.8) is 0 Å². The Morgan fingerprint density at radius 2 is 1.76 bits per heavy atom. The highest BCUT2D eigenvalue weighted by Gasteiger charge is 2.45. The van der Waals surface area contributed by atoms with Gasteiger partial charge in [0.25, 0.3) is 7.52 Å². The maximum Gasteiger partial charge on any atom is 0.336 e. The number of hydrogen-bond donors (Lipinski definition) is 6. The van der Waals surface area contributed by atoms with E-state index in [0.29, 0.717) is 22.4 Å². The van der Waals surface area contributed by atoms with Gasteiger partial charge < -0.3 is 34.5 Å². The van der Waals surface area contributed by atoms with Crippen LogP contribution in [0.15, 0.2) is 6.33 Å². The first-order chi connectivity index (χ1) is 17.4. The molecule has 206 valence electrons. The molecule has 0 radical (unpaired) electrons. The predicted octanol–water partition coefficient (Wildman–Crippen LogP) is 1.17. The number of hydrogen-bond acceptors (Lipinski definition) is 9. The molecule has 37 heavy (non-hydrogen) atoms. The van der Waals surface area contributed by atoms with Crippen LogP contribution in [0.3, 0.4) is 0 Å². The van der Waals surface area contributed by atoms with Gasteiger partial charge in [0.05, 0.1) is 6.33 Å². The Hall–Kier alpha value is -1.18. The van der Waals surface area contributed by atoms with E-state index in [9.17, 15) is 24.2 Å². The van der Waals surface area contributed by atoms with Gasteiger partial charge in [0.1, 0.15) is 24.2 Å². The Bertz CT molecular complexity index is 1240. The molecule has 2 aromatic heterocycles. The van der Waals surface area contributed by atoms with E-state index in [1.54, 1.807) is 0 Å². The van der Waals surface area contributed by atoms with Crippen LogP contribution in [0.25, 0.3) is 11.2 Å². The molecule has 1 saturated carbocycles. The lowest BCUT2D eigenvalue weighted by atomic mass is 9.77. The molecule has 1 spiro atoms. The van der Waals surface area contributed by atoms with Gasteiger partial charge in [0.2, 0.25) is 5.28 Å². The number of aliphatic hydroxyl groups is 2. The van der Waals surface area contributed by atoms with Gasteiger partial charge in [-0.15, -0.1) is 0 Å². The number of aromatic nitrogens is 4. The quantitative estimate of drug-likeness (QED) is 0.201. The molecule has 5 atom stereocenters. The number of nitrogens with one attached hydrogen (secondary N) is 1. The number of anilines is 1. The summed E-state index contributed by atoms with van der Waals surface area (Å²) in [7, 11) is -9.18. The number of aliphatic hydroxyl groups excluding tert-OH is 2. The molecule has 1 aliphatic carbocycles. The Labute approximate surface area is 217 Å². The fourth-order valence-corrected chi connectivity index (χ4v) is 8.78. The smallest absolute Gasteiger partial charge is 0.336 e. The Balaban J connectivity index is 1.34. The molecule has 3 fully saturated rings. The minimum Gasteiger partial charge on any atom is -0.387 e. The zero-order valence-electron chi connectivity index (χ0n) is 19.9. The molecule has 0 bridgehead atoms. The second-order valence-corrected chi connectivity index (χ2v) is 14.8. The minimum atomic E-state index is -4.76. The highest BCUT2D eigenvalue weighted by Crippen LogP contribution is 2.52. The minimum absolute atomic E-state index is 0.00434. The first-order valence-corrected chi connectivity index (χ1v) is 16.2. The van der Waals surface area contributed by atoms with Crippen molar-refractivity contribution in [2.24, 2.45) is 5.41 Å². The van der Waals surface area contributed by atoms with Crippen molar-refractivity contribution in [3.05, 3.63) is 11.6 Å². The summed E-state index contributed by atoms with van der Waals surface area (Å²) in [6.07, 6.45) is 3.40. The van der Waals surface area contributed by atoms with E-state index >= 15 is 0 Å². The molecule has 4 heterocycles. The van der Waals surface area contributed by atoms with Crippen molar-refractivity contribution in [1.29, 1.82) is 0 Å². The molecule has 2 saturated heterocycles. The maximum absolute atomic E-state index is 12.1. The third-order valence-electron chi connectivity index (χ3n) is 7.69. The first kappa shape index (κ1) is 27.4. The summed E-state index contributed by atoms with van der Waals surface area (Å²) in [4.78, 5) is 43.1. The molecule has 0 amide bonds. The van der Waals surface area contributed by atoms with Crippen LogP contribution in [0, 0.1) is 5.41 Å². The zero-order valence-corrected chi connectivity index (χ0v) is 22.5. The predicted molar refractivity (Wildman–Crippen MR) is 133 cm³/mol. The lowest BCUT2D eigenvalue weighted by Crippen LogP contribution is -2.39. The summed E-state index contributed by atoms with van der Waals surface area (Å²) in [5.41, 5.74) is 1.19. The summed E-state index contributed by atoms with van der Waals surface area (Å²) >= 11 is 6.27. The van der Waals surface area contributed by atoms with Crippen LogP contribution in [0.4, 0.5) is 5.82 Å². The third-order valence-corrected chi connectivity index (χ3v) is 11.5. The van der Waals surface area contributed by atoms with E-state index in [4.69, 9.17) is 26.1 Å². The molecular weight excluding hydrogens is 550 g/mol. The average molecular weight is 581 g/mol. The van der Waals surface area contributed by atoms with Crippen LogP contribution >= 0.6 is 26.7 Å². The van der Waals surface area contributed by atoms with E-state index in [1.807, 2.05) is 0 Å². The largest absolute Gasteiger partial charge is 0.387 e. The molecule has 17 heteroatoms. The summed E-state index contributed by atoms with van der Waals surface area (Å²) in [5.74, 6) is -0.678. The van der Waals surface area contributed by atoms with Crippen LogP contribution < -0.4 is 9.99 Å². The molecule has 5 unspecified atom stereocenters. The number of piperidine rings is 1. The Morgan fingerprint density at radius 1 is 1.08 bits per heavy atom. The molecule has 3 aliphatic rings. The number of rotatable bonds is 7. The van der Waals surface area contributed by atoms with Crippen LogP contribution in [0.1, 0.15) is 44.8 Å². The summed E-state index contributed by atoms with van der Waals surface area (Å²) in [6.45, 7) is 1.20. The van der Waals surface area contributed by atoms with Crippen molar-refractivity contribution in [2.45, 2.75) is 63.1 Å². The van der Waals surface area contributed by atoms with Crippen molar-refractivity contribution in [1.82, 2.24) is 24.6 Å². The second kappa shape index (κ2) is 10.1. The molecule has 5 rings (SSSR count). The van der Waals surface area contributed by atoms with Gasteiger partial charge in [-0.2, -0.15) is 9.97 Å². The maximum atomic E-state index is 12.1. The number of nitrogens with zero attached hydrogens (tertiary/aromatic N) is 5. The monoisotopic (exact) mass is 580 g/mol. The third kappa shape index (κ3) is 5.74. The molecule has 6 N–H and O–H groups in total. The molecule has 2 aliphatic heterocycles. The van der Waals surface area contributed by atoms with E-state index in [2.05, 4.69) is 24.9 Å². The molecule has 0 aromatic carbocycles. The second-order valence-electron chi connectivity index (χ2n) is 10.3. The van der Waals surface area contributed by atoms with E-state index < -0.39 is 52.1 Å². The Morgan fingerprint density at radius 3 is 2.41 bits per heavy atom. The Kier molecular flexibility index (Phi) is 7.47. The topological polar surface area (TPSA) is 203 Å². The summed E-state index contributed by atoms with van der Waals surface area (Å²) in [5, 5.41) is 23.3. The fraction of sp³-hybridized carbons (Fsp3) is 0.750. The van der Waals surface area contributed by atoms with Crippen LogP contribution in [-0.2, 0) is 13.9 Å². The fourth-order valence-electron chi connectivity index (χ4n) is 5.76.